The molecule has 24 heavy (non-hydrogen) atoms. The van der Waals surface area contributed by atoms with Gasteiger partial charge in [0.05, 0.1) is 5.69 Å². The van der Waals surface area contributed by atoms with Crippen LogP contribution in [0.25, 0.3) is 11.3 Å². The van der Waals surface area contributed by atoms with Crippen LogP contribution in [-0.2, 0) is 0 Å². The van der Waals surface area contributed by atoms with Gasteiger partial charge in [0.15, 0.2) is 11.6 Å². The number of aromatic nitrogens is 3. The number of anilines is 3. The van der Waals surface area contributed by atoms with Gasteiger partial charge >= 0.3 is 0 Å². The second kappa shape index (κ2) is 6.53. The van der Waals surface area contributed by atoms with Crippen LogP contribution >= 0.6 is 0 Å². The number of hydrogen-bond acceptors (Lipinski definition) is 5. The largest absolute Gasteiger partial charge is 0.357 e. The number of nitrogens with zero attached hydrogens (tertiary/aromatic N) is 3. The highest BCUT2D eigenvalue weighted by Gasteiger charge is 2.14. The summed E-state index contributed by atoms with van der Waals surface area (Å²) in [7, 11) is 1.62. The Balaban J connectivity index is 2.03. The van der Waals surface area contributed by atoms with E-state index in [0.29, 0.717) is 17.8 Å². The minimum atomic E-state index is -1.05. The van der Waals surface area contributed by atoms with Gasteiger partial charge < -0.3 is 10.6 Å². The lowest BCUT2D eigenvalue weighted by Crippen LogP contribution is -2.04. The SMILES string of the molecule is CNc1nc(Nc2c(F)cc(F)cc2F)cc(-c2ccncc2)n1. The summed E-state index contributed by atoms with van der Waals surface area (Å²) < 4.78 is 40.6. The fraction of sp³-hybridized carbons (Fsp3) is 0.0625. The van der Waals surface area contributed by atoms with Crippen molar-refractivity contribution in [1.29, 1.82) is 0 Å². The lowest BCUT2D eigenvalue weighted by molar-refractivity contribution is 0.549. The second-order valence-corrected chi connectivity index (χ2v) is 4.82. The van der Waals surface area contributed by atoms with E-state index in [4.69, 9.17) is 0 Å². The minimum Gasteiger partial charge on any atom is -0.357 e. The predicted octanol–water partition coefficient (Wildman–Crippen LogP) is 3.74. The smallest absolute Gasteiger partial charge is 0.224 e. The van der Waals surface area contributed by atoms with Crippen LogP contribution < -0.4 is 10.6 Å². The summed E-state index contributed by atoms with van der Waals surface area (Å²) in [4.78, 5) is 12.3. The Kier molecular flexibility index (Phi) is 4.28. The van der Waals surface area contributed by atoms with Crippen LogP contribution in [-0.4, -0.2) is 22.0 Å². The molecular weight excluding hydrogens is 319 g/mol. The molecule has 0 saturated heterocycles. The van der Waals surface area contributed by atoms with E-state index < -0.39 is 23.1 Å². The van der Waals surface area contributed by atoms with E-state index >= 15 is 0 Å². The van der Waals surface area contributed by atoms with Gasteiger partial charge in [-0.2, -0.15) is 4.98 Å². The Bertz CT molecular complexity index is 848. The van der Waals surface area contributed by atoms with Gasteiger partial charge in [-0.3, -0.25) is 4.98 Å². The van der Waals surface area contributed by atoms with E-state index in [0.717, 1.165) is 5.56 Å². The van der Waals surface area contributed by atoms with E-state index in [9.17, 15) is 13.2 Å². The Morgan fingerprint density at radius 2 is 1.58 bits per heavy atom. The van der Waals surface area contributed by atoms with Gasteiger partial charge in [-0.1, -0.05) is 0 Å². The van der Waals surface area contributed by atoms with Crippen LogP contribution in [0, 0.1) is 17.5 Å². The van der Waals surface area contributed by atoms with Crippen molar-refractivity contribution < 1.29 is 13.2 Å². The van der Waals surface area contributed by atoms with Crippen molar-refractivity contribution in [2.75, 3.05) is 17.7 Å². The lowest BCUT2D eigenvalue weighted by atomic mass is 10.2. The average molecular weight is 331 g/mol. The fourth-order valence-electron chi connectivity index (χ4n) is 2.08. The van der Waals surface area contributed by atoms with Crippen molar-refractivity contribution in [3.05, 3.63) is 60.2 Å². The Morgan fingerprint density at radius 1 is 0.917 bits per heavy atom. The predicted molar refractivity (Wildman–Crippen MR) is 84.4 cm³/mol. The zero-order valence-corrected chi connectivity index (χ0v) is 12.5. The Hall–Kier alpha value is -3.16. The topological polar surface area (TPSA) is 62.7 Å². The van der Waals surface area contributed by atoms with Gasteiger partial charge in [-0.15, -0.1) is 0 Å². The lowest BCUT2D eigenvalue weighted by Gasteiger charge is -2.11. The number of nitrogens with one attached hydrogen (secondary N) is 2. The third-order valence-corrected chi connectivity index (χ3v) is 3.19. The number of pyridine rings is 1. The zero-order chi connectivity index (χ0) is 17.1. The van der Waals surface area contributed by atoms with Gasteiger partial charge in [-0.05, 0) is 12.1 Å². The normalized spacial score (nSPS) is 10.5. The molecule has 0 spiro atoms. The van der Waals surface area contributed by atoms with Gasteiger partial charge in [0, 0.05) is 43.2 Å². The van der Waals surface area contributed by atoms with Gasteiger partial charge in [0.1, 0.15) is 17.3 Å². The molecule has 0 radical (unpaired) electrons. The van der Waals surface area contributed by atoms with Crippen LogP contribution in [0.2, 0.25) is 0 Å². The highest BCUT2D eigenvalue weighted by atomic mass is 19.1. The molecule has 2 aromatic heterocycles. The summed E-state index contributed by atoms with van der Waals surface area (Å²) in [6, 6.07) is 6.19. The molecule has 5 nitrogen and oxygen atoms in total. The minimum absolute atomic E-state index is 0.158. The van der Waals surface area contributed by atoms with Crippen molar-refractivity contribution in [1.82, 2.24) is 15.0 Å². The molecule has 3 rings (SSSR count). The van der Waals surface area contributed by atoms with Crippen LogP contribution in [0.1, 0.15) is 0 Å². The highest BCUT2D eigenvalue weighted by molar-refractivity contribution is 5.67. The van der Waals surface area contributed by atoms with Crippen LogP contribution in [0.4, 0.5) is 30.6 Å². The van der Waals surface area contributed by atoms with Crippen molar-refractivity contribution in [2.45, 2.75) is 0 Å². The molecule has 0 fully saturated rings. The Morgan fingerprint density at radius 3 is 2.21 bits per heavy atom. The first-order valence-corrected chi connectivity index (χ1v) is 6.95. The number of halogens is 3. The molecule has 2 heterocycles. The van der Waals surface area contributed by atoms with Crippen molar-refractivity contribution >= 4 is 17.5 Å². The molecule has 122 valence electrons. The van der Waals surface area contributed by atoms with Crippen molar-refractivity contribution in [3.63, 3.8) is 0 Å². The van der Waals surface area contributed by atoms with Crippen molar-refractivity contribution in [2.24, 2.45) is 0 Å². The maximum atomic E-state index is 13.8. The molecule has 0 unspecified atom stereocenters. The van der Waals surface area contributed by atoms with Gasteiger partial charge in [0.2, 0.25) is 5.95 Å². The van der Waals surface area contributed by atoms with E-state index in [1.165, 1.54) is 6.07 Å². The second-order valence-electron chi connectivity index (χ2n) is 4.82. The first kappa shape index (κ1) is 15.7. The molecular formula is C16H12F3N5. The molecule has 0 bridgehead atoms. The summed E-state index contributed by atoms with van der Waals surface area (Å²) >= 11 is 0. The maximum absolute atomic E-state index is 13.8. The summed E-state index contributed by atoms with van der Waals surface area (Å²) in [5, 5.41) is 5.31. The summed E-state index contributed by atoms with van der Waals surface area (Å²) in [6.07, 6.45) is 3.20. The fourth-order valence-corrected chi connectivity index (χ4v) is 2.08. The standard InChI is InChI=1S/C16H12F3N5/c1-20-16-22-13(9-2-4-21-5-3-9)8-14(24-16)23-15-11(18)6-10(17)7-12(15)19/h2-8H,1H3,(H2,20,22,23,24). The van der Waals surface area contributed by atoms with E-state index in [-0.39, 0.29) is 11.8 Å². The van der Waals surface area contributed by atoms with E-state index in [2.05, 4.69) is 25.6 Å². The van der Waals surface area contributed by atoms with Gasteiger partial charge in [-0.25, -0.2) is 18.2 Å². The first-order valence-electron chi connectivity index (χ1n) is 6.95. The quantitative estimate of drug-likeness (QED) is 0.762. The number of hydrogen-bond donors (Lipinski definition) is 2. The monoisotopic (exact) mass is 331 g/mol. The highest BCUT2D eigenvalue weighted by Crippen LogP contribution is 2.26. The summed E-state index contributed by atoms with van der Waals surface area (Å²) in [5.41, 5.74) is 0.798. The molecule has 8 heteroatoms. The molecule has 1 aromatic carbocycles. The molecule has 0 atom stereocenters. The Labute approximate surface area is 135 Å². The first-order chi connectivity index (χ1) is 11.6. The van der Waals surface area contributed by atoms with Crippen molar-refractivity contribution in [3.8, 4) is 11.3 Å². The average Bonchev–Trinajstić information content (AvgIpc) is 2.58. The third-order valence-electron chi connectivity index (χ3n) is 3.19. The van der Waals surface area contributed by atoms with Crippen LogP contribution in [0.5, 0.6) is 0 Å². The molecule has 0 saturated carbocycles. The molecule has 0 aliphatic heterocycles. The zero-order valence-electron chi connectivity index (χ0n) is 12.5. The molecule has 0 aliphatic carbocycles. The van der Waals surface area contributed by atoms with Gasteiger partial charge in [0.25, 0.3) is 0 Å². The molecule has 0 amide bonds. The number of rotatable bonds is 4. The summed E-state index contributed by atoms with van der Waals surface area (Å²) in [6.45, 7) is 0. The van der Waals surface area contributed by atoms with E-state index in [1.807, 2.05) is 0 Å². The molecule has 3 aromatic rings. The number of benzene rings is 1. The van der Waals surface area contributed by atoms with Crippen LogP contribution in [0.3, 0.4) is 0 Å². The summed E-state index contributed by atoms with van der Waals surface area (Å²) in [5.74, 6) is -2.68. The molecule has 0 aliphatic rings. The maximum Gasteiger partial charge on any atom is 0.224 e. The third kappa shape index (κ3) is 3.27. The van der Waals surface area contributed by atoms with E-state index in [1.54, 1.807) is 31.6 Å². The van der Waals surface area contributed by atoms with Crippen LogP contribution in [0.15, 0.2) is 42.7 Å². The molecule has 2 N–H and O–H groups in total.